The van der Waals surface area contributed by atoms with Crippen molar-refractivity contribution in [1.29, 1.82) is 0 Å². The first-order chi connectivity index (χ1) is 7.58. The zero-order valence-electron chi connectivity index (χ0n) is 9.32. The number of benzene rings is 1. The Kier molecular flexibility index (Phi) is 2.78. The normalized spacial score (nSPS) is 15.6. The van der Waals surface area contributed by atoms with Crippen LogP contribution in [0.5, 0.6) is 0 Å². The van der Waals surface area contributed by atoms with Gasteiger partial charge in [-0.15, -0.1) is 0 Å². The maximum absolute atomic E-state index is 10.7. The second kappa shape index (κ2) is 4.09. The molecule has 0 atom stereocenters. The topological polar surface area (TPSA) is 64.4 Å². The van der Waals surface area contributed by atoms with Gasteiger partial charge in [-0.1, -0.05) is 0 Å². The van der Waals surface area contributed by atoms with Gasteiger partial charge in [-0.05, 0) is 25.5 Å². The van der Waals surface area contributed by atoms with Gasteiger partial charge in [-0.3, -0.25) is 10.1 Å². The first-order valence-corrected chi connectivity index (χ1v) is 5.18. The number of hydrogen-bond acceptors (Lipinski definition) is 4. The second-order valence-corrected chi connectivity index (χ2v) is 4.09. The van der Waals surface area contributed by atoms with E-state index in [1.807, 2.05) is 13.0 Å². The summed E-state index contributed by atoms with van der Waals surface area (Å²) in [5.41, 5.74) is 2.70. The average Bonchev–Trinajstić information content (AvgIpc) is 2.15. The Morgan fingerprint density at radius 1 is 1.38 bits per heavy atom. The van der Waals surface area contributed by atoms with Crippen molar-refractivity contribution in [1.82, 2.24) is 0 Å². The fourth-order valence-corrected chi connectivity index (χ4v) is 1.69. The van der Waals surface area contributed by atoms with Crippen LogP contribution in [0, 0.1) is 24.0 Å². The molecule has 0 unspecified atom stereocenters. The van der Waals surface area contributed by atoms with Crippen molar-refractivity contribution in [2.75, 3.05) is 18.5 Å². The molecule has 0 radical (unpaired) electrons. The minimum atomic E-state index is -0.349. The fraction of sp³-hybridized carbons (Fsp3) is 0.455. The molecule has 1 heterocycles. The summed E-state index contributed by atoms with van der Waals surface area (Å²) in [7, 11) is 0. The molecule has 1 aliphatic heterocycles. The van der Waals surface area contributed by atoms with Gasteiger partial charge in [-0.2, -0.15) is 0 Å². The molecular formula is C11H14N2O3. The van der Waals surface area contributed by atoms with Gasteiger partial charge in [0, 0.05) is 17.3 Å². The van der Waals surface area contributed by atoms with Crippen molar-refractivity contribution in [3.8, 4) is 0 Å². The predicted molar refractivity (Wildman–Crippen MR) is 60.8 cm³/mol. The number of nitro benzene ring substituents is 1. The van der Waals surface area contributed by atoms with Gasteiger partial charge in [-0.25, -0.2) is 0 Å². The Balaban J connectivity index is 2.25. The zero-order valence-corrected chi connectivity index (χ0v) is 9.32. The van der Waals surface area contributed by atoms with Crippen molar-refractivity contribution in [2.45, 2.75) is 19.9 Å². The molecule has 1 saturated heterocycles. The van der Waals surface area contributed by atoms with E-state index in [-0.39, 0.29) is 10.6 Å². The van der Waals surface area contributed by atoms with Crippen molar-refractivity contribution >= 4 is 11.4 Å². The first-order valence-electron chi connectivity index (χ1n) is 5.18. The van der Waals surface area contributed by atoms with E-state index in [4.69, 9.17) is 4.74 Å². The van der Waals surface area contributed by atoms with E-state index in [1.54, 1.807) is 13.0 Å². The molecule has 5 heteroatoms. The van der Waals surface area contributed by atoms with Crippen LogP contribution in [0.25, 0.3) is 0 Å². The Hall–Kier alpha value is -1.62. The van der Waals surface area contributed by atoms with Crippen LogP contribution in [0.1, 0.15) is 11.1 Å². The van der Waals surface area contributed by atoms with E-state index in [9.17, 15) is 10.1 Å². The molecule has 2 rings (SSSR count). The summed E-state index contributed by atoms with van der Waals surface area (Å²) < 4.78 is 5.07. The number of ether oxygens (including phenoxy) is 1. The van der Waals surface area contributed by atoms with Gasteiger partial charge in [0.1, 0.15) is 0 Å². The number of anilines is 1. The lowest BCUT2D eigenvalue weighted by atomic mass is 10.1. The van der Waals surface area contributed by atoms with Crippen molar-refractivity contribution in [3.05, 3.63) is 33.4 Å². The maximum atomic E-state index is 10.7. The Labute approximate surface area is 93.6 Å². The third-order valence-corrected chi connectivity index (χ3v) is 2.74. The van der Waals surface area contributed by atoms with Crippen LogP contribution in [-0.4, -0.2) is 24.2 Å². The van der Waals surface area contributed by atoms with Crippen LogP contribution in [0.15, 0.2) is 12.1 Å². The molecule has 0 aromatic heterocycles. The number of hydrogen-bond donors (Lipinski definition) is 1. The van der Waals surface area contributed by atoms with Gasteiger partial charge in [0.25, 0.3) is 5.69 Å². The lowest BCUT2D eigenvalue weighted by Gasteiger charge is -2.28. The summed E-state index contributed by atoms with van der Waals surface area (Å²) >= 11 is 0. The van der Waals surface area contributed by atoms with Crippen LogP contribution in [0.4, 0.5) is 11.4 Å². The number of nitro groups is 1. The van der Waals surface area contributed by atoms with E-state index < -0.39 is 0 Å². The SMILES string of the molecule is Cc1cc([N+](=O)[O-])c(C)cc1NC1COC1. The van der Waals surface area contributed by atoms with Crippen molar-refractivity contribution in [3.63, 3.8) is 0 Å². The molecule has 1 aromatic carbocycles. The largest absolute Gasteiger partial charge is 0.377 e. The standard InChI is InChI=1S/C11H14N2O3/c1-7-4-11(13(14)15)8(2)3-10(7)12-9-5-16-6-9/h3-4,9,12H,5-6H2,1-2H3. The minimum absolute atomic E-state index is 0.174. The third kappa shape index (κ3) is 1.99. The molecule has 1 aromatic rings. The molecule has 1 fully saturated rings. The van der Waals surface area contributed by atoms with Crippen molar-refractivity contribution < 1.29 is 9.66 Å². The van der Waals surface area contributed by atoms with E-state index in [1.165, 1.54) is 0 Å². The molecule has 5 nitrogen and oxygen atoms in total. The van der Waals surface area contributed by atoms with Crippen LogP contribution >= 0.6 is 0 Å². The van der Waals surface area contributed by atoms with Crippen LogP contribution in [0.2, 0.25) is 0 Å². The van der Waals surface area contributed by atoms with E-state index in [0.29, 0.717) is 24.8 Å². The van der Waals surface area contributed by atoms with Crippen LogP contribution in [0.3, 0.4) is 0 Å². The summed E-state index contributed by atoms with van der Waals surface area (Å²) in [6, 6.07) is 3.77. The van der Waals surface area contributed by atoms with E-state index >= 15 is 0 Å². The van der Waals surface area contributed by atoms with E-state index in [2.05, 4.69) is 5.32 Å². The minimum Gasteiger partial charge on any atom is -0.377 e. The summed E-state index contributed by atoms with van der Waals surface area (Å²) in [4.78, 5) is 10.4. The molecule has 0 saturated carbocycles. The Morgan fingerprint density at radius 3 is 2.56 bits per heavy atom. The number of aryl methyl sites for hydroxylation is 2. The zero-order chi connectivity index (χ0) is 11.7. The molecule has 0 bridgehead atoms. The molecule has 86 valence electrons. The monoisotopic (exact) mass is 222 g/mol. The molecular weight excluding hydrogens is 208 g/mol. The summed E-state index contributed by atoms with van der Waals surface area (Å²) in [5.74, 6) is 0. The van der Waals surface area contributed by atoms with Crippen molar-refractivity contribution in [2.24, 2.45) is 0 Å². The number of nitrogens with zero attached hydrogens (tertiary/aromatic N) is 1. The average molecular weight is 222 g/mol. The smallest absolute Gasteiger partial charge is 0.272 e. The summed E-state index contributed by atoms with van der Waals surface area (Å²) in [6.07, 6.45) is 0. The first kappa shape index (κ1) is 10.9. The Morgan fingerprint density at radius 2 is 2.06 bits per heavy atom. The van der Waals surface area contributed by atoms with Gasteiger partial charge < -0.3 is 10.1 Å². The molecule has 0 spiro atoms. The highest BCUT2D eigenvalue weighted by Gasteiger charge is 2.20. The van der Waals surface area contributed by atoms with Gasteiger partial charge >= 0.3 is 0 Å². The lowest BCUT2D eigenvalue weighted by molar-refractivity contribution is -0.385. The maximum Gasteiger partial charge on any atom is 0.272 e. The second-order valence-electron chi connectivity index (χ2n) is 4.09. The quantitative estimate of drug-likeness (QED) is 0.627. The predicted octanol–water partition coefficient (Wildman–Crippen LogP) is 2.02. The van der Waals surface area contributed by atoms with Gasteiger partial charge in [0.15, 0.2) is 0 Å². The van der Waals surface area contributed by atoms with Crippen LogP contribution in [-0.2, 0) is 4.74 Å². The van der Waals surface area contributed by atoms with Crippen LogP contribution < -0.4 is 5.32 Å². The highest BCUT2D eigenvalue weighted by Crippen LogP contribution is 2.27. The molecule has 1 N–H and O–H groups in total. The summed E-state index contributed by atoms with van der Waals surface area (Å²) in [5, 5.41) is 14.0. The highest BCUT2D eigenvalue weighted by molar-refractivity contribution is 5.59. The highest BCUT2D eigenvalue weighted by atomic mass is 16.6. The van der Waals surface area contributed by atoms with Gasteiger partial charge in [0.2, 0.25) is 0 Å². The lowest BCUT2D eigenvalue weighted by Crippen LogP contribution is -2.40. The van der Waals surface area contributed by atoms with Gasteiger partial charge in [0.05, 0.1) is 24.2 Å². The molecule has 0 aliphatic carbocycles. The Bertz CT molecular complexity index is 427. The molecule has 0 amide bonds. The molecule has 1 aliphatic rings. The fourth-order valence-electron chi connectivity index (χ4n) is 1.69. The number of rotatable bonds is 3. The van der Waals surface area contributed by atoms with E-state index in [0.717, 1.165) is 11.3 Å². The molecule has 16 heavy (non-hydrogen) atoms. The number of nitrogens with one attached hydrogen (secondary N) is 1. The summed E-state index contributed by atoms with van der Waals surface area (Å²) in [6.45, 7) is 5.03. The third-order valence-electron chi connectivity index (χ3n) is 2.74.